The number of rotatable bonds is 6. The SMILES string of the molecule is CN(C)CCNc1cncc(-c2ccc3[nH]cc(-c4ccc(N)cc4F)c3c2)n1. The first-order chi connectivity index (χ1) is 14.0. The fraction of sp³-hybridized carbons (Fsp3) is 0.182. The van der Waals surface area contributed by atoms with E-state index in [1.807, 2.05) is 38.5 Å². The molecule has 0 atom stereocenters. The number of anilines is 2. The number of nitrogen functional groups attached to an aromatic ring is 1. The van der Waals surface area contributed by atoms with Gasteiger partial charge in [0.1, 0.15) is 11.6 Å². The van der Waals surface area contributed by atoms with Crippen LogP contribution in [0.2, 0.25) is 0 Å². The van der Waals surface area contributed by atoms with Crippen LogP contribution in [-0.4, -0.2) is 47.0 Å². The molecular formula is C22H23FN6. The Morgan fingerprint density at radius 1 is 1.10 bits per heavy atom. The van der Waals surface area contributed by atoms with Crippen molar-refractivity contribution in [3.63, 3.8) is 0 Å². The van der Waals surface area contributed by atoms with Crippen LogP contribution in [0.4, 0.5) is 15.9 Å². The van der Waals surface area contributed by atoms with Crippen LogP contribution in [0.1, 0.15) is 0 Å². The number of hydrogen-bond donors (Lipinski definition) is 3. The lowest BCUT2D eigenvalue weighted by Gasteiger charge is -2.11. The monoisotopic (exact) mass is 390 g/mol. The van der Waals surface area contributed by atoms with Gasteiger partial charge in [-0.05, 0) is 44.4 Å². The second kappa shape index (κ2) is 7.89. The van der Waals surface area contributed by atoms with Gasteiger partial charge in [-0.15, -0.1) is 0 Å². The zero-order valence-corrected chi connectivity index (χ0v) is 16.4. The molecular weight excluding hydrogens is 367 g/mol. The van der Waals surface area contributed by atoms with Crippen LogP contribution < -0.4 is 11.1 Å². The molecule has 0 saturated heterocycles. The van der Waals surface area contributed by atoms with Crippen LogP contribution >= 0.6 is 0 Å². The second-order valence-corrected chi connectivity index (χ2v) is 7.22. The summed E-state index contributed by atoms with van der Waals surface area (Å²) in [4.78, 5) is 14.3. The fourth-order valence-corrected chi connectivity index (χ4v) is 3.25. The third kappa shape index (κ3) is 4.05. The van der Waals surface area contributed by atoms with Gasteiger partial charge in [0.2, 0.25) is 0 Å². The van der Waals surface area contributed by atoms with Crippen molar-refractivity contribution < 1.29 is 4.39 Å². The van der Waals surface area contributed by atoms with Gasteiger partial charge in [-0.3, -0.25) is 4.98 Å². The molecule has 4 aromatic rings. The van der Waals surface area contributed by atoms with Gasteiger partial charge in [0.25, 0.3) is 0 Å². The van der Waals surface area contributed by atoms with Crippen LogP contribution in [-0.2, 0) is 0 Å². The van der Waals surface area contributed by atoms with Gasteiger partial charge in [-0.1, -0.05) is 6.07 Å². The number of aromatic nitrogens is 3. The number of nitrogens with one attached hydrogen (secondary N) is 2. The molecule has 6 nitrogen and oxygen atoms in total. The van der Waals surface area contributed by atoms with E-state index >= 15 is 0 Å². The Labute approximate surface area is 168 Å². The largest absolute Gasteiger partial charge is 0.399 e. The number of fused-ring (bicyclic) bond motifs is 1. The summed E-state index contributed by atoms with van der Waals surface area (Å²) in [5.74, 6) is 0.381. The van der Waals surface area contributed by atoms with Gasteiger partial charge < -0.3 is 20.9 Å². The molecule has 0 spiro atoms. The average molecular weight is 390 g/mol. The number of H-pyrrole nitrogens is 1. The molecule has 0 radical (unpaired) electrons. The van der Waals surface area contributed by atoms with Crippen LogP contribution in [0.3, 0.4) is 0 Å². The van der Waals surface area contributed by atoms with E-state index in [9.17, 15) is 4.39 Å². The lowest BCUT2D eigenvalue weighted by Crippen LogP contribution is -2.21. The van der Waals surface area contributed by atoms with Crippen LogP contribution in [0.5, 0.6) is 0 Å². The first-order valence-electron chi connectivity index (χ1n) is 9.39. The Balaban J connectivity index is 1.69. The molecule has 29 heavy (non-hydrogen) atoms. The Morgan fingerprint density at radius 3 is 2.76 bits per heavy atom. The maximum atomic E-state index is 14.5. The van der Waals surface area contributed by atoms with E-state index in [1.165, 1.54) is 6.07 Å². The lowest BCUT2D eigenvalue weighted by molar-refractivity contribution is 0.425. The molecule has 0 aliphatic heterocycles. The van der Waals surface area contributed by atoms with Crippen molar-refractivity contribution in [2.24, 2.45) is 0 Å². The Bertz CT molecular complexity index is 1150. The van der Waals surface area contributed by atoms with Gasteiger partial charge >= 0.3 is 0 Å². The quantitative estimate of drug-likeness (QED) is 0.434. The molecule has 4 N–H and O–H groups in total. The summed E-state index contributed by atoms with van der Waals surface area (Å²) in [5, 5.41) is 4.20. The van der Waals surface area contributed by atoms with E-state index in [-0.39, 0.29) is 5.82 Å². The molecule has 0 amide bonds. The molecule has 0 fully saturated rings. The zero-order chi connectivity index (χ0) is 20.4. The Morgan fingerprint density at radius 2 is 1.97 bits per heavy atom. The van der Waals surface area contributed by atoms with Gasteiger partial charge in [-0.2, -0.15) is 0 Å². The minimum absolute atomic E-state index is 0.344. The molecule has 2 heterocycles. The maximum absolute atomic E-state index is 14.5. The highest BCUT2D eigenvalue weighted by Crippen LogP contribution is 2.33. The molecule has 0 aliphatic carbocycles. The number of nitrogens with zero attached hydrogens (tertiary/aromatic N) is 3. The van der Waals surface area contributed by atoms with Gasteiger partial charge in [-0.25, -0.2) is 9.37 Å². The lowest BCUT2D eigenvalue weighted by atomic mass is 10.0. The van der Waals surface area contributed by atoms with Crippen molar-refractivity contribution in [2.75, 3.05) is 38.2 Å². The molecule has 0 saturated carbocycles. The third-order valence-electron chi connectivity index (χ3n) is 4.76. The van der Waals surface area contributed by atoms with E-state index in [1.54, 1.807) is 24.5 Å². The first kappa shape index (κ1) is 18.9. The number of likely N-dealkylation sites (N-methyl/N-ethyl adjacent to an activating group) is 1. The predicted molar refractivity (Wildman–Crippen MR) is 116 cm³/mol. The van der Waals surface area contributed by atoms with Crippen molar-refractivity contribution in [3.8, 4) is 22.4 Å². The van der Waals surface area contributed by atoms with Crippen molar-refractivity contribution in [1.29, 1.82) is 0 Å². The van der Waals surface area contributed by atoms with Crippen LogP contribution in [0.25, 0.3) is 33.3 Å². The summed E-state index contributed by atoms with van der Waals surface area (Å²) in [6.45, 7) is 1.68. The topological polar surface area (TPSA) is 82.9 Å². The van der Waals surface area contributed by atoms with E-state index in [0.717, 1.165) is 46.6 Å². The predicted octanol–water partition coefficient (Wildman–Crippen LogP) is 3.99. The van der Waals surface area contributed by atoms with Crippen molar-refractivity contribution in [3.05, 3.63) is 60.8 Å². The Kier molecular flexibility index (Phi) is 5.14. The van der Waals surface area contributed by atoms with Crippen molar-refractivity contribution >= 4 is 22.4 Å². The second-order valence-electron chi connectivity index (χ2n) is 7.22. The van der Waals surface area contributed by atoms with E-state index in [4.69, 9.17) is 5.73 Å². The molecule has 2 aromatic heterocycles. The summed E-state index contributed by atoms with van der Waals surface area (Å²) in [6, 6.07) is 10.7. The summed E-state index contributed by atoms with van der Waals surface area (Å²) in [5.41, 5.74) is 9.98. The van der Waals surface area contributed by atoms with Crippen molar-refractivity contribution in [2.45, 2.75) is 0 Å². The van der Waals surface area contributed by atoms with Crippen LogP contribution in [0.15, 0.2) is 55.0 Å². The van der Waals surface area contributed by atoms with Crippen LogP contribution in [0, 0.1) is 5.82 Å². The standard InChI is InChI=1S/C22H23FN6/c1-29(2)8-7-26-22-13-25-12-21(28-22)14-3-6-20-17(9-14)18(11-27-20)16-5-4-15(24)10-19(16)23/h3-6,9-13,27H,7-8,24H2,1-2H3,(H,26,28). The summed E-state index contributed by atoms with van der Waals surface area (Å²) in [7, 11) is 4.05. The molecule has 0 aliphatic rings. The number of benzene rings is 2. The van der Waals surface area contributed by atoms with E-state index in [2.05, 4.69) is 25.2 Å². The highest BCUT2D eigenvalue weighted by molar-refractivity contribution is 5.98. The highest BCUT2D eigenvalue weighted by Gasteiger charge is 2.12. The number of aromatic amines is 1. The highest BCUT2D eigenvalue weighted by atomic mass is 19.1. The fourth-order valence-electron chi connectivity index (χ4n) is 3.25. The molecule has 0 bridgehead atoms. The number of hydrogen-bond acceptors (Lipinski definition) is 5. The molecule has 0 unspecified atom stereocenters. The smallest absolute Gasteiger partial charge is 0.145 e. The van der Waals surface area contributed by atoms with E-state index in [0.29, 0.717) is 11.3 Å². The maximum Gasteiger partial charge on any atom is 0.145 e. The molecule has 7 heteroatoms. The zero-order valence-electron chi connectivity index (χ0n) is 16.4. The number of halogens is 1. The van der Waals surface area contributed by atoms with Gasteiger partial charge in [0.15, 0.2) is 0 Å². The van der Waals surface area contributed by atoms with Crippen molar-refractivity contribution in [1.82, 2.24) is 19.9 Å². The Hall–Kier alpha value is -3.45. The number of nitrogens with two attached hydrogens (primary N) is 1. The minimum atomic E-state index is -0.344. The molecule has 148 valence electrons. The summed E-state index contributed by atoms with van der Waals surface area (Å²) >= 11 is 0. The van der Waals surface area contributed by atoms with Gasteiger partial charge in [0, 0.05) is 52.6 Å². The average Bonchev–Trinajstić information content (AvgIpc) is 3.11. The summed E-state index contributed by atoms with van der Waals surface area (Å²) < 4.78 is 14.5. The normalized spacial score (nSPS) is 11.3. The third-order valence-corrected chi connectivity index (χ3v) is 4.76. The molecule has 2 aromatic carbocycles. The summed E-state index contributed by atoms with van der Waals surface area (Å²) in [6.07, 6.45) is 5.26. The molecule has 4 rings (SSSR count). The van der Waals surface area contributed by atoms with E-state index < -0.39 is 0 Å². The van der Waals surface area contributed by atoms with Gasteiger partial charge in [0.05, 0.1) is 18.1 Å². The first-order valence-corrected chi connectivity index (χ1v) is 9.39. The minimum Gasteiger partial charge on any atom is -0.399 e.